The first-order valence-electron chi connectivity index (χ1n) is 6.85. The first-order valence-corrected chi connectivity index (χ1v) is 7.65. The molecular weight excluding hydrogens is 338 g/mol. The number of hydrogen-bond donors (Lipinski definition) is 1. The van der Waals surface area contributed by atoms with E-state index in [1.165, 1.54) is 0 Å². The average Bonchev–Trinajstić information content (AvgIpc) is 2.37. The van der Waals surface area contributed by atoms with E-state index < -0.39 is 11.7 Å². The highest BCUT2D eigenvalue weighted by Crippen LogP contribution is 2.42. The molecule has 1 atom stereocenters. The van der Waals surface area contributed by atoms with Crippen LogP contribution in [0.3, 0.4) is 0 Å². The number of hydrogen-bond acceptors (Lipinski definition) is 4. The lowest BCUT2D eigenvalue weighted by atomic mass is 10.1. The van der Waals surface area contributed by atoms with Crippen molar-refractivity contribution < 1.29 is 19.0 Å². The fourth-order valence-corrected chi connectivity index (χ4v) is 2.45. The first kappa shape index (κ1) is 15.9. The Morgan fingerprint density at radius 1 is 1.29 bits per heavy atom. The van der Waals surface area contributed by atoms with Gasteiger partial charge in [0, 0.05) is 5.56 Å². The fourth-order valence-electron chi connectivity index (χ4n) is 2.03. The molecule has 6 heteroatoms. The molecule has 1 amide bonds. The van der Waals surface area contributed by atoms with Gasteiger partial charge in [-0.3, -0.25) is 0 Å². The number of carbonyl (C=O) groups is 1. The van der Waals surface area contributed by atoms with Crippen molar-refractivity contribution >= 4 is 22.0 Å². The highest BCUT2D eigenvalue weighted by molar-refractivity contribution is 9.10. The standard InChI is InChI=1S/C15H20BrNO4/c1-9(17-14(18)21-15(2,3)4)10-5-6-11(16)13-12(10)19-7-8-20-13/h5-6,9H,7-8H2,1-4H3,(H,17,18)/t9-/m0/s1. The van der Waals surface area contributed by atoms with Crippen LogP contribution in [-0.4, -0.2) is 24.9 Å². The maximum atomic E-state index is 11.9. The Labute approximate surface area is 133 Å². The molecule has 0 fully saturated rings. The van der Waals surface area contributed by atoms with Crippen LogP contribution in [0.15, 0.2) is 16.6 Å². The third-order valence-electron chi connectivity index (χ3n) is 2.87. The van der Waals surface area contributed by atoms with E-state index in [0.717, 1.165) is 10.0 Å². The molecule has 5 nitrogen and oxygen atoms in total. The van der Waals surface area contributed by atoms with Gasteiger partial charge in [0.15, 0.2) is 11.5 Å². The van der Waals surface area contributed by atoms with E-state index in [9.17, 15) is 4.79 Å². The van der Waals surface area contributed by atoms with Gasteiger partial charge in [-0.25, -0.2) is 4.79 Å². The number of carbonyl (C=O) groups excluding carboxylic acids is 1. The van der Waals surface area contributed by atoms with Gasteiger partial charge in [-0.05, 0) is 49.7 Å². The van der Waals surface area contributed by atoms with E-state index in [1.54, 1.807) is 0 Å². The maximum Gasteiger partial charge on any atom is 0.408 e. The van der Waals surface area contributed by atoms with Crippen LogP contribution in [0.1, 0.15) is 39.3 Å². The summed E-state index contributed by atoms with van der Waals surface area (Å²) >= 11 is 3.44. The summed E-state index contributed by atoms with van der Waals surface area (Å²) in [6.07, 6.45) is -0.455. The molecule has 0 unspecified atom stereocenters. The predicted molar refractivity (Wildman–Crippen MR) is 82.9 cm³/mol. The molecule has 1 heterocycles. The quantitative estimate of drug-likeness (QED) is 0.874. The lowest BCUT2D eigenvalue weighted by Crippen LogP contribution is -2.34. The molecule has 1 aliphatic heterocycles. The van der Waals surface area contributed by atoms with E-state index in [1.807, 2.05) is 39.8 Å². The molecule has 116 valence electrons. The third-order valence-corrected chi connectivity index (χ3v) is 3.49. The summed E-state index contributed by atoms with van der Waals surface area (Å²) in [4.78, 5) is 11.9. The predicted octanol–water partition coefficient (Wildman–Crippen LogP) is 3.81. The van der Waals surface area contributed by atoms with E-state index in [0.29, 0.717) is 24.7 Å². The lowest BCUT2D eigenvalue weighted by Gasteiger charge is -2.26. The van der Waals surface area contributed by atoms with Gasteiger partial charge in [0.2, 0.25) is 0 Å². The van der Waals surface area contributed by atoms with Gasteiger partial charge in [-0.1, -0.05) is 6.07 Å². The molecule has 1 aliphatic rings. The van der Waals surface area contributed by atoms with Crippen LogP contribution in [0.2, 0.25) is 0 Å². The van der Waals surface area contributed by atoms with E-state index >= 15 is 0 Å². The Hall–Kier alpha value is -1.43. The van der Waals surface area contributed by atoms with Gasteiger partial charge in [0.25, 0.3) is 0 Å². The molecule has 0 bridgehead atoms. The second-order valence-electron chi connectivity index (χ2n) is 5.86. The van der Waals surface area contributed by atoms with Crippen molar-refractivity contribution in [2.24, 2.45) is 0 Å². The largest absolute Gasteiger partial charge is 0.486 e. The molecule has 1 aromatic carbocycles. The summed E-state index contributed by atoms with van der Waals surface area (Å²) in [5, 5.41) is 2.81. The molecule has 2 rings (SSSR count). The van der Waals surface area contributed by atoms with E-state index in [-0.39, 0.29) is 6.04 Å². The zero-order valence-corrected chi connectivity index (χ0v) is 14.2. The fraction of sp³-hybridized carbons (Fsp3) is 0.533. The summed E-state index contributed by atoms with van der Waals surface area (Å²) in [7, 11) is 0. The van der Waals surface area contributed by atoms with Crippen molar-refractivity contribution in [1.82, 2.24) is 5.32 Å². The van der Waals surface area contributed by atoms with E-state index in [4.69, 9.17) is 14.2 Å². The molecule has 0 spiro atoms. The van der Waals surface area contributed by atoms with Crippen molar-refractivity contribution in [3.05, 3.63) is 22.2 Å². The van der Waals surface area contributed by atoms with Crippen LogP contribution in [0, 0.1) is 0 Å². The normalized spacial score (nSPS) is 15.3. The van der Waals surface area contributed by atoms with Crippen molar-refractivity contribution in [2.75, 3.05) is 13.2 Å². The molecule has 0 aliphatic carbocycles. The number of ether oxygens (including phenoxy) is 3. The van der Waals surface area contributed by atoms with Crippen LogP contribution in [0.25, 0.3) is 0 Å². The number of alkyl carbamates (subject to hydrolysis) is 1. The summed E-state index contributed by atoms with van der Waals surface area (Å²) < 4.78 is 17.4. The SMILES string of the molecule is C[C@H](NC(=O)OC(C)(C)C)c1ccc(Br)c2c1OCCO2. The van der Waals surface area contributed by atoms with Crippen molar-refractivity contribution in [3.8, 4) is 11.5 Å². The van der Waals surface area contributed by atoms with Crippen LogP contribution >= 0.6 is 15.9 Å². The Bertz CT molecular complexity index is 539. The second kappa shape index (κ2) is 6.13. The molecule has 21 heavy (non-hydrogen) atoms. The Morgan fingerprint density at radius 2 is 1.90 bits per heavy atom. The molecule has 1 N–H and O–H groups in total. The smallest absolute Gasteiger partial charge is 0.408 e. The summed E-state index contributed by atoms with van der Waals surface area (Å²) in [5.41, 5.74) is 0.335. The van der Waals surface area contributed by atoms with Crippen molar-refractivity contribution in [3.63, 3.8) is 0 Å². The second-order valence-corrected chi connectivity index (χ2v) is 6.71. The van der Waals surface area contributed by atoms with Gasteiger partial charge in [-0.15, -0.1) is 0 Å². The zero-order valence-electron chi connectivity index (χ0n) is 12.7. The van der Waals surface area contributed by atoms with E-state index in [2.05, 4.69) is 21.2 Å². The Balaban J connectivity index is 2.16. The van der Waals surface area contributed by atoms with Gasteiger partial charge in [0.1, 0.15) is 18.8 Å². The number of rotatable bonds is 2. The third kappa shape index (κ3) is 4.03. The molecule has 0 aromatic heterocycles. The zero-order chi connectivity index (χ0) is 15.6. The highest BCUT2D eigenvalue weighted by atomic mass is 79.9. The average molecular weight is 358 g/mol. The van der Waals surface area contributed by atoms with Crippen LogP contribution < -0.4 is 14.8 Å². The summed E-state index contributed by atoms with van der Waals surface area (Å²) in [5.74, 6) is 1.34. The molecule has 0 radical (unpaired) electrons. The number of benzene rings is 1. The van der Waals surface area contributed by atoms with Crippen molar-refractivity contribution in [1.29, 1.82) is 0 Å². The number of fused-ring (bicyclic) bond motifs is 1. The van der Waals surface area contributed by atoms with Gasteiger partial charge in [0.05, 0.1) is 10.5 Å². The van der Waals surface area contributed by atoms with Crippen molar-refractivity contribution in [2.45, 2.75) is 39.3 Å². The molecule has 0 saturated carbocycles. The number of halogens is 1. The minimum atomic E-state index is -0.525. The topological polar surface area (TPSA) is 56.8 Å². The maximum absolute atomic E-state index is 11.9. The lowest BCUT2D eigenvalue weighted by molar-refractivity contribution is 0.0506. The Morgan fingerprint density at radius 3 is 2.52 bits per heavy atom. The number of amides is 1. The minimum absolute atomic E-state index is 0.247. The first-order chi connectivity index (χ1) is 9.78. The highest BCUT2D eigenvalue weighted by Gasteiger charge is 2.24. The number of nitrogens with one attached hydrogen (secondary N) is 1. The summed E-state index contributed by atoms with van der Waals surface area (Å²) in [6.45, 7) is 8.38. The molecule has 0 saturated heterocycles. The van der Waals surface area contributed by atoms with Gasteiger partial charge < -0.3 is 19.5 Å². The molecular formula is C15H20BrNO4. The van der Waals surface area contributed by atoms with Gasteiger partial charge >= 0.3 is 6.09 Å². The minimum Gasteiger partial charge on any atom is -0.486 e. The monoisotopic (exact) mass is 357 g/mol. The Kier molecular flexibility index (Phi) is 4.66. The van der Waals surface area contributed by atoms with Crippen LogP contribution in [-0.2, 0) is 4.74 Å². The van der Waals surface area contributed by atoms with Gasteiger partial charge in [-0.2, -0.15) is 0 Å². The summed E-state index contributed by atoms with van der Waals surface area (Å²) in [6, 6.07) is 3.54. The molecule has 1 aromatic rings. The van der Waals surface area contributed by atoms with Crippen LogP contribution in [0.4, 0.5) is 4.79 Å². The van der Waals surface area contributed by atoms with Crippen LogP contribution in [0.5, 0.6) is 11.5 Å².